The topological polar surface area (TPSA) is 111 Å². The first-order chi connectivity index (χ1) is 15.8. The van der Waals surface area contributed by atoms with Gasteiger partial charge in [0.1, 0.15) is 5.82 Å². The number of carbonyl (C=O) groups excluding carboxylic acids is 1. The number of imidazole rings is 1. The molecule has 2 N–H and O–H groups in total. The molecule has 1 fully saturated rings. The Balaban J connectivity index is 1.70. The van der Waals surface area contributed by atoms with Crippen LogP contribution in [0.25, 0.3) is 22.6 Å². The number of hydrogen-bond acceptors (Lipinski definition) is 7. The highest BCUT2D eigenvalue weighted by Crippen LogP contribution is 2.35. The third-order valence-electron chi connectivity index (χ3n) is 5.18. The minimum absolute atomic E-state index is 0.0900. The molecule has 33 heavy (non-hydrogen) atoms. The summed E-state index contributed by atoms with van der Waals surface area (Å²) in [6, 6.07) is 7.96. The minimum atomic E-state index is -0.802. The predicted octanol–water partition coefficient (Wildman–Crippen LogP) is 3.26. The Morgan fingerprint density at radius 2 is 1.91 bits per heavy atom. The third-order valence-corrected chi connectivity index (χ3v) is 5.18. The molecule has 9 nitrogen and oxygen atoms in total. The van der Waals surface area contributed by atoms with Crippen molar-refractivity contribution in [2.45, 2.75) is 33.2 Å². The Labute approximate surface area is 190 Å². The summed E-state index contributed by atoms with van der Waals surface area (Å²) in [7, 11) is 1.58. The van der Waals surface area contributed by atoms with E-state index in [0.717, 1.165) is 0 Å². The van der Waals surface area contributed by atoms with E-state index in [2.05, 4.69) is 25.3 Å². The number of benzene rings is 1. The molecule has 3 aromatic rings. The Kier molecular flexibility index (Phi) is 6.39. The second-order valence-corrected chi connectivity index (χ2v) is 8.34. The van der Waals surface area contributed by atoms with Crippen molar-refractivity contribution in [3.05, 3.63) is 48.2 Å². The maximum absolute atomic E-state index is 13.5. The number of aromatic amines is 1. The molecule has 1 aliphatic heterocycles. The van der Waals surface area contributed by atoms with Crippen LogP contribution in [0, 0.1) is 11.2 Å². The average molecular weight is 455 g/mol. The Morgan fingerprint density at radius 3 is 2.55 bits per heavy atom. The highest BCUT2D eigenvalue weighted by molar-refractivity contribution is 5.82. The van der Waals surface area contributed by atoms with Gasteiger partial charge in [-0.15, -0.1) is 0 Å². The molecule has 0 saturated carbocycles. The summed E-state index contributed by atoms with van der Waals surface area (Å²) < 4.78 is 30.8. The van der Waals surface area contributed by atoms with Gasteiger partial charge in [-0.1, -0.05) is 0 Å². The molecule has 10 heteroatoms. The molecule has 1 aliphatic rings. The van der Waals surface area contributed by atoms with Gasteiger partial charge in [0.15, 0.2) is 5.82 Å². The van der Waals surface area contributed by atoms with Gasteiger partial charge in [0.2, 0.25) is 12.2 Å². The molecule has 1 saturated heterocycles. The number of hydrogen-bond donors (Lipinski definition) is 2. The maximum atomic E-state index is 13.5. The van der Waals surface area contributed by atoms with E-state index in [4.69, 9.17) is 14.2 Å². The lowest BCUT2D eigenvalue weighted by Gasteiger charge is -2.34. The number of H-pyrrole nitrogens is 1. The van der Waals surface area contributed by atoms with E-state index in [1.54, 1.807) is 38.4 Å². The van der Waals surface area contributed by atoms with E-state index in [1.165, 1.54) is 12.1 Å². The lowest BCUT2D eigenvalue weighted by molar-refractivity contribution is -0.230. The molecule has 0 unspecified atom stereocenters. The van der Waals surface area contributed by atoms with Crippen LogP contribution in [-0.2, 0) is 14.3 Å². The summed E-state index contributed by atoms with van der Waals surface area (Å²) in [6.45, 7) is 5.88. The summed E-state index contributed by atoms with van der Waals surface area (Å²) in [4.78, 5) is 28.7. The number of halogens is 1. The normalized spacial score (nSPS) is 20.6. The van der Waals surface area contributed by atoms with Gasteiger partial charge >= 0.3 is 6.01 Å². The van der Waals surface area contributed by atoms with Crippen LogP contribution in [0.3, 0.4) is 0 Å². The van der Waals surface area contributed by atoms with Crippen LogP contribution in [0.15, 0.2) is 36.5 Å². The van der Waals surface area contributed by atoms with Crippen LogP contribution in [0.5, 0.6) is 6.01 Å². The first-order valence-electron chi connectivity index (χ1n) is 10.6. The van der Waals surface area contributed by atoms with Crippen LogP contribution in [0.4, 0.5) is 4.39 Å². The number of amides is 1. The lowest BCUT2D eigenvalue weighted by Crippen LogP contribution is -2.47. The number of nitrogens with one attached hydrogen (secondary N) is 2. The second-order valence-electron chi connectivity index (χ2n) is 8.34. The fraction of sp³-hybridized carbons (Fsp3) is 0.391. The highest BCUT2D eigenvalue weighted by Gasteiger charge is 2.40. The predicted molar refractivity (Wildman–Crippen MR) is 118 cm³/mol. The fourth-order valence-corrected chi connectivity index (χ4v) is 3.45. The SMILES string of the molecule is CNC(=O)C1(C)COC(c2nc(-c3ccc(F)cc3)c(-c3ccnc(OC(C)C)n3)[nH]2)OC1. The average Bonchev–Trinajstić information content (AvgIpc) is 3.24. The first-order valence-corrected chi connectivity index (χ1v) is 10.6. The molecule has 174 valence electrons. The van der Waals surface area contributed by atoms with E-state index in [-0.39, 0.29) is 37.1 Å². The number of carbonyl (C=O) groups is 1. The summed E-state index contributed by atoms with van der Waals surface area (Å²) in [5.74, 6) is -0.0990. The second kappa shape index (κ2) is 9.24. The van der Waals surface area contributed by atoms with Crippen LogP contribution in [0.1, 0.15) is 32.9 Å². The van der Waals surface area contributed by atoms with Gasteiger partial charge in [0, 0.05) is 18.8 Å². The van der Waals surface area contributed by atoms with Crippen LogP contribution in [-0.4, -0.2) is 52.2 Å². The first kappa shape index (κ1) is 22.8. The van der Waals surface area contributed by atoms with Crippen molar-refractivity contribution in [2.24, 2.45) is 5.41 Å². The number of nitrogens with zero attached hydrogens (tertiary/aromatic N) is 3. The standard InChI is InChI=1S/C23H26FN5O4/c1-13(2)33-22-26-10-9-16(27-22)18-17(14-5-7-15(24)8-6-14)28-19(29-18)20-31-11-23(3,12-32-20)21(30)25-4/h5-10,13,20H,11-12H2,1-4H3,(H,25,30)(H,28,29). The Morgan fingerprint density at radius 1 is 1.21 bits per heavy atom. The van der Waals surface area contributed by atoms with Gasteiger partial charge in [-0.2, -0.15) is 4.98 Å². The quantitative estimate of drug-likeness (QED) is 0.587. The van der Waals surface area contributed by atoms with E-state index in [9.17, 15) is 9.18 Å². The van der Waals surface area contributed by atoms with E-state index >= 15 is 0 Å². The molecule has 2 aromatic heterocycles. The van der Waals surface area contributed by atoms with Gasteiger partial charge in [0.25, 0.3) is 0 Å². The molecular formula is C23H26FN5O4. The van der Waals surface area contributed by atoms with Crippen molar-refractivity contribution in [1.29, 1.82) is 0 Å². The van der Waals surface area contributed by atoms with E-state index in [0.29, 0.717) is 28.5 Å². The van der Waals surface area contributed by atoms with E-state index in [1.807, 2.05) is 13.8 Å². The van der Waals surface area contributed by atoms with Crippen molar-refractivity contribution >= 4 is 5.91 Å². The fourth-order valence-electron chi connectivity index (χ4n) is 3.45. The number of rotatable bonds is 6. The summed E-state index contributed by atoms with van der Waals surface area (Å²) in [5.41, 5.74) is 1.57. The van der Waals surface area contributed by atoms with Crippen LogP contribution >= 0.6 is 0 Å². The molecule has 4 rings (SSSR count). The van der Waals surface area contributed by atoms with Crippen molar-refractivity contribution in [3.63, 3.8) is 0 Å². The van der Waals surface area contributed by atoms with Crippen LogP contribution in [0.2, 0.25) is 0 Å². The van der Waals surface area contributed by atoms with Crippen molar-refractivity contribution in [3.8, 4) is 28.7 Å². The molecule has 0 spiro atoms. The monoisotopic (exact) mass is 455 g/mol. The third kappa shape index (κ3) is 4.86. The van der Waals surface area contributed by atoms with Gasteiger partial charge in [0.05, 0.1) is 41.8 Å². The zero-order valence-electron chi connectivity index (χ0n) is 18.9. The summed E-state index contributed by atoms with van der Waals surface area (Å²) >= 11 is 0. The van der Waals surface area contributed by atoms with Crippen LogP contribution < -0.4 is 10.1 Å². The smallest absolute Gasteiger partial charge is 0.317 e. The molecule has 0 bridgehead atoms. The molecule has 3 heterocycles. The zero-order valence-corrected chi connectivity index (χ0v) is 18.9. The van der Waals surface area contributed by atoms with Gasteiger partial charge < -0.3 is 24.5 Å². The highest BCUT2D eigenvalue weighted by atomic mass is 19.1. The zero-order chi connectivity index (χ0) is 23.6. The molecular weight excluding hydrogens is 429 g/mol. The lowest BCUT2D eigenvalue weighted by atomic mass is 9.91. The van der Waals surface area contributed by atoms with Crippen molar-refractivity contribution in [2.75, 3.05) is 20.3 Å². The van der Waals surface area contributed by atoms with Gasteiger partial charge in [-0.3, -0.25) is 4.79 Å². The van der Waals surface area contributed by atoms with Gasteiger partial charge in [-0.05, 0) is 51.1 Å². The van der Waals surface area contributed by atoms with Crippen molar-refractivity contribution < 1.29 is 23.4 Å². The summed E-state index contributed by atoms with van der Waals surface area (Å²) in [5, 5.41) is 2.63. The number of aromatic nitrogens is 4. The van der Waals surface area contributed by atoms with Crippen molar-refractivity contribution in [1.82, 2.24) is 25.3 Å². The minimum Gasteiger partial charge on any atom is -0.461 e. The van der Waals surface area contributed by atoms with Gasteiger partial charge in [-0.25, -0.2) is 14.4 Å². The molecule has 1 amide bonds. The number of ether oxygens (including phenoxy) is 3. The maximum Gasteiger partial charge on any atom is 0.317 e. The molecule has 0 aliphatic carbocycles. The molecule has 0 radical (unpaired) electrons. The summed E-state index contributed by atoms with van der Waals surface area (Å²) in [6.07, 6.45) is 0.703. The van der Waals surface area contributed by atoms with E-state index < -0.39 is 11.7 Å². The Hall–Kier alpha value is -3.37. The Bertz CT molecular complexity index is 1120. The molecule has 0 atom stereocenters. The molecule has 1 aromatic carbocycles. The largest absolute Gasteiger partial charge is 0.461 e.